The molecule has 11 heteroatoms. The van der Waals surface area contributed by atoms with Gasteiger partial charge in [-0.05, 0) is 74.1 Å². The predicted molar refractivity (Wildman–Crippen MR) is 144 cm³/mol. The van der Waals surface area contributed by atoms with E-state index in [4.69, 9.17) is 0 Å². The molecule has 1 atom stereocenters. The molecule has 2 aliphatic heterocycles. The van der Waals surface area contributed by atoms with E-state index >= 15 is 0 Å². The van der Waals surface area contributed by atoms with Crippen LogP contribution in [0, 0.1) is 0 Å². The number of Topliss-reactive ketones (excluding diaryl/α,β-unsaturated/α-hetero) is 1. The summed E-state index contributed by atoms with van der Waals surface area (Å²) < 4.78 is 63.4. The van der Waals surface area contributed by atoms with Crippen molar-refractivity contribution in [1.82, 2.24) is 4.31 Å². The number of sulfonamides is 1. The number of aliphatic hydroxyl groups is 1. The lowest BCUT2D eigenvalue weighted by molar-refractivity contribution is -0.286. The normalized spacial score (nSPS) is 21.9. The van der Waals surface area contributed by atoms with Gasteiger partial charge in [0.15, 0.2) is 11.5 Å². The molecule has 0 aromatic heterocycles. The fraction of sp³-hybridized carbons (Fsp3) is 0.379. The summed E-state index contributed by atoms with van der Waals surface area (Å²) in [6, 6.07) is 10.4. The molecule has 2 aromatic rings. The van der Waals surface area contributed by atoms with E-state index in [9.17, 15) is 27.1 Å². The number of allylic oxidation sites excluding steroid dienone is 3. The van der Waals surface area contributed by atoms with Crippen LogP contribution >= 0.6 is 0 Å². The molecule has 1 N–H and O–H groups in total. The molecular formula is C29H30F2N2O6S. The molecule has 0 amide bonds. The van der Waals surface area contributed by atoms with Crippen LogP contribution in [-0.4, -0.2) is 54.8 Å². The van der Waals surface area contributed by atoms with Gasteiger partial charge in [0, 0.05) is 30.4 Å². The average Bonchev–Trinajstić information content (AvgIpc) is 3.46. The Labute approximate surface area is 231 Å². The van der Waals surface area contributed by atoms with Crippen molar-refractivity contribution in [3.05, 3.63) is 78.0 Å². The molecular weight excluding hydrogens is 542 g/mol. The summed E-state index contributed by atoms with van der Waals surface area (Å²) in [6.45, 7) is 5.64. The van der Waals surface area contributed by atoms with Gasteiger partial charge in [0.25, 0.3) is 0 Å². The summed E-state index contributed by atoms with van der Waals surface area (Å²) in [6.07, 6.45) is 1.93. The van der Waals surface area contributed by atoms with E-state index in [-0.39, 0.29) is 35.2 Å². The lowest BCUT2D eigenvalue weighted by atomic mass is 9.88. The van der Waals surface area contributed by atoms with Crippen LogP contribution in [0.5, 0.6) is 11.5 Å². The summed E-state index contributed by atoms with van der Waals surface area (Å²) in [4.78, 5) is 18.2. The number of nitrogens with zero attached hydrogens (tertiary/aromatic N) is 2. The maximum absolute atomic E-state index is 13.5. The SMILES string of the molecule is C=C/C=C(/CC(=O)C1(c2ccc3c(c2)OC(F)(F)O3)CC1)N=C(C)c1ccc(S(=O)(=O)N2CCC[C@@H]2CO)cc1. The number of ketones is 1. The van der Waals surface area contributed by atoms with Crippen LogP contribution in [-0.2, 0) is 20.2 Å². The predicted octanol–water partition coefficient (Wildman–Crippen LogP) is 4.72. The highest BCUT2D eigenvalue weighted by molar-refractivity contribution is 7.89. The van der Waals surface area contributed by atoms with Crippen molar-refractivity contribution in [2.45, 2.75) is 61.7 Å². The molecule has 1 saturated carbocycles. The minimum atomic E-state index is -3.73. The van der Waals surface area contributed by atoms with E-state index in [0.717, 1.165) is 0 Å². The zero-order valence-corrected chi connectivity index (χ0v) is 22.8. The van der Waals surface area contributed by atoms with Crippen molar-refractivity contribution in [2.75, 3.05) is 13.2 Å². The number of aliphatic imine (C=N–C) groups is 1. The largest absolute Gasteiger partial charge is 0.586 e. The van der Waals surface area contributed by atoms with Gasteiger partial charge in [0.05, 0.1) is 16.9 Å². The fourth-order valence-electron chi connectivity index (χ4n) is 5.30. The molecule has 1 saturated heterocycles. The van der Waals surface area contributed by atoms with Gasteiger partial charge in [-0.3, -0.25) is 9.79 Å². The highest BCUT2D eigenvalue weighted by Crippen LogP contribution is 2.53. The first-order chi connectivity index (χ1) is 19.0. The van der Waals surface area contributed by atoms with E-state index in [0.29, 0.717) is 54.8 Å². The average molecular weight is 573 g/mol. The van der Waals surface area contributed by atoms with E-state index in [2.05, 4.69) is 21.0 Å². The summed E-state index contributed by atoms with van der Waals surface area (Å²) in [7, 11) is -3.73. The summed E-state index contributed by atoms with van der Waals surface area (Å²) in [5.41, 5.74) is 1.51. The number of benzene rings is 2. The molecule has 212 valence electrons. The molecule has 5 rings (SSSR count). The van der Waals surface area contributed by atoms with Gasteiger partial charge < -0.3 is 14.6 Å². The lowest BCUT2D eigenvalue weighted by Crippen LogP contribution is -2.37. The van der Waals surface area contributed by atoms with Crippen LogP contribution in [0.1, 0.15) is 50.2 Å². The third kappa shape index (κ3) is 5.33. The molecule has 2 heterocycles. The minimum Gasteiger partial charge on any atom is -0.395 e. The summed E-state index contributed by atoms with van der Waals surface area (Å²) in [5, 5.41) is 9.53. The molecule has 0 unspecified atom stereocenters. The van der Waals surface area contributed by atoms with E-state index in [1.807, 2.05) is 0 Å². The van der Waals surface area contributed by atoms with E-state index in [1.165, 1.54) is 34.6 Å². The number of fused-ring (bicyclic) bond motifs is 1. The third-order valence-corrected chi connectivity index (χ3v) is 9.58. The Morgan fingerprint density at radius 1 is 1.18 bits per heavy atom. The van der Waals surface area contributed by atoms with Crippen LogP contribution in [0.4, 0.5) is 8.78 Å². The minimum absolute atomic E-state index is 0.00205. The van der Waals surface area contributed by atoms with Crippen LogP contribution in [0.25, 0.3) is 0 Å². The van der Waals surface area contributed by atoms with Crippen molar-refractivity contribution in [2.24, 2.45) is 4.99 Å². The molecule has 0 bridgehead atoms. The third-order valence-electron chi connectivity index (χ3n) is 7.61. The number of carbonyl (C=O) groups excluding carboxylic acids is 1. The Bertz CT molecular complexity index is 1500. The Morgan fingerprint density at radius 2 is 1.88 bits per heavy atom. The molecule has 1 aliphatic carbocycles. The van der Waals surface area contributed by atoms with Gasteiger partial charge in [-0.15, -0.1) is 8.78 Å². The first kappa shape index (κ1) is 28.1. The number of alkyl halides is 2. The monoisotopic (exact) mass is 572 g/mol. The molecule has 2 fully saturated rings. The second-order valence-corrected chi connectivity index (χ2v) is 12.1. The van der Waals surface area contributed by atoms with Gasteiger partial charge in [0.2, 0.25) is 10.0 Å². The number of halogens is 2. The molecule has 0 radical (unpaired) electrons. The first-order valence-electron chi connectivity index (χ1n) is 13.0. The Kier molecular flexibility index (Phi) is 7.41. The van der Waals surface area contributed by atoms with Gasteiger partial charge in [0.1, 0.15) is 5.78 Å². The summed E-state index contributed by atoms with van der Waals surface area (Å²) >= 11 is 0. The molecule has 8 nitrogen and oxygen atoms in total. The van der Waals surface area contributed by atoms with Crippen LogP contribution in [0.15, 0.2) is 76.8 Å². The van der Waals surface area contributed by atoms with Gasteiger partial charge >= 0.3 is 6.29 Å². The van der Waals surface area contributed by atoms with E-state index in [1.54, 1.807) is 31.2 Å². The smallest absolute Gasteiger partial charge is 0.395 e. The van der Waals surface area contributed by atoms with Gasteiger partial charge in [-0.1, -0.05) is 30.9 Å². The van der Waals surface area contributed by atoms with Crippen molar-refractivity contribution >= 4 is 21.5 Å². The number of carbonyl (C=O) groups is 1. The van der Waals surface area contributed by atoms with Crippen LogP contribution in [0.2, 0.25) is 0 Å². The van der Waals surface area contributed by atoms with Crippen molar-refractivity contribution in [1.29, 1.82) is 0 Å². The Balaban J connectivity index is 1.31. The number of aliphatic hydroxyl groups excluding tert-OH is 1. The Morgan fingerprint density at radius 3 is 2.52 bits per heavy atom. The standard InChI is InChI=1S/C29H30F2N2O6S/c1-3-5-22(17-27(35)28(13-14-28)21-9-12-25-26(16-21)39-29(30,31)38-25)32-19(2)20-7-10-24(11-8-20)40(36,37)33-15-4-6-23(33)18-34/h3,5,7-12,16,23,34H,1,4,6,13-15,17-18H2,2H3/b22-5-,32-19?/t23-/m1/s1. The number of hydrogen-bond acceptors (Lipinski definition) is 7. The fourth-order valence-corrected chi connectivity index (χ4v) is 6.98. The second kappa shape index (κ2) is 10.5. The number of ether oxygens (including phenoxy) is 2. The Hall–Kier alpha value is -3.41. The van der Waals surface area contributed by atoms with E-state index < -0.39 is 27.8 Å². The molecule has 2 aromatic carbocycles. The van der Waals surface area contributed by atoms with Crippen LogP contribution < -0.4 is 9.47 Å². The molecule has 40 heavy (non-hydrogen) atoms. The first-order valence-corrected chi connectivity index (χ1v) is 14.5. The summed E-state index contributed by atoms with van der Waals surface area (Å²) in [5.74, 6) is -0.274. The second-order valence-electron chi connectivity index (χ2n) is 10.2. The van der Waals surface area contributed by atoms with Crippen molar-refractivity contribution < 1.29 is 36.6 Å². The maximum atomic E-state index is 13.5. The van der Waals surface area contributed by atoms with Gasteiger partial charge in [-0.25, -0.2) is 8.42 Å². The molecule has 3 aliphatic rings. The zero-order chi connectivity index (χ0) is 28.7. The lowest BCUT2D eigenvalue weighted by Gasteiger charge is -2.22. The zero-order valence-electron chi connectivity index (χ0n) is 22.0. The quantitative estimate of drug-likeness (QED) is 0.326. The van der Waals surface area contributed by atoms with Crippen LogP contribution in [0.3, 0.4) is 0 Å². The highest BCUT2D eigenvalue weighted by Gasteiger charge is 2.52. The number of hydrogen-bond donors (Lipinski definition) is 1. The van der Waals surface area contributed by atoms with Crippen molar-refractivity contribution in [3.8, 4) is 11.5 Å². The topological polar surface area (TPSA) is 106 Å². The van der Waals surface area contributed by atoms with Gasteiger partial charge in [-0.2, -0.15) is 4.31 Å². The maximum Gasteiger partial charge on any atom is 0.586 e. The molecule has 0 spiro atoms. The number of rotatable bonds is 10. The van der Waals surface area contributed by atoms with Crippen molar-refractivity contribution in [3.63, 3.8) is 0 Å². The highest BCUT2D eigenvalue weighted by atomic mass is 32.2.